The zero-order chi connectivity index (χ0) is 17.8. The summed E-state index contributed by atoms with van der Waals surface area (Å²) in [6, 6.07) is 2.73. The van der Waals surface area contributed by atoms with Crippen molar-refractivity contribution in [1.29, 1.82) is 0 Å². The van der Waals surface area contributed by atoms with Crippen LogP contribution in [0.15, 0.2) is 12.1 Å². The molecule has 0 amide bonds. The highest BCUT2D eigenvalue weighted by Gasteiger charge is 2.25. The monoisotopic (exact) mass is 387 g/mol. The molecule has 1 aromatic rings. The topological polar surface area (TPSA) is 58.9 Å². The number of nitrogens with zero attached hydrogens (tertiary/aromatic N) is 3. The number of hydrogen-bond acceptors (Lipinski definition) is 5. The maximum Gasteiger partial charge on any atom is 0.272 e. The first-order chi connectivity index (χ1) is 12.0. The van der Waals surface area contributed by atoms with Crippen molar-refractivity contribution in [3.05, 3.63) is 32.3 Å². The number of halogens is 2. The van der Waals surface area contributed by atoms with Gasteiger partial charge in [0.2, 0.25) is 0 Å². The van der Waals surface area contributed by atoms with Crippen LogP contribution < -0.4 is 4.90 Å². The molecule has 3 rings (SSSR count). The summed E-state index contributed by atoms with van der Waals surface area (Å²) in [6.45, 7) is 5.75. The van der Waals surface area contributed by atoms with Crippen LogP contribution in [0.1, 0.15) is 25.7 Å². The SMILES string of the molecule is O=[N+]([O-])c1cc(Cl)c(N2CCC(OCCN3CCCC3)CC2)c(Cl)c1. The first-order valence-electron chi connectivity index (χ1n) is 8.77. The van der Waals surface area contributed by atoms with E-state index in [9.17, 15) is 10.1 Å². The standard InChI is InChI=1S/C17H23Cl2N3O3/c18-15-11-13(22(23)24)12-16(19)17(15)21-7-3-14(4-8-21)25-10-9-20-5-1-2-6-20/h11-12,14H,1-10H2. The fourth-order valence-corrected chi connectivity index (χ4v) is 4.28. The van der Waals surface area contributed by atoms with Gasteiger partial charge in [0.05, 0.1) is 33.4 Å². The summed E-state index contributed by atoms with van der Waals surface area (Å²) in [5, 5.41) is 11.5. The minimum Gasteiger partial charge on any atom is -0.377 e. The van der Waals surface area contributed by atoms with Gasteiger partial charge in [0.1, 0.15) is 0 Å². The van der Waals surface area contributed by atoms with Crippen LogP contribution in [0.5, 0.6) is 0 Å². The molecule has 2 saturated heterocycles. The molecule has 2 fully saturated rings. The lowest BCUT2D eigenvalue weighted by Crippen LogP contribution is -2.38. The molecule has 6 nitrogen and oxygen atoms in total. The predicted molar refractivity (Wildman–Crippen MR) is 100.0 cm³/mol. The van der Waals surface area contributed by atoms with Crippen molar-refractivity contribution in [3.63, 3.8) is 0 Å². The zero-order valence-electron chi connectivity index (χ0n) is 14.1. The van der Waals surface area contributed by atoms with Crippen LogP contribution in [0.2, 0.25) is 10.0 Å². The average molecular weight is 388 g/mol. The van der Waals surface area contributed by atoms with Crippen LogP contribution >= 0.6 is 23.2 Å². The highest BCUT2D eigenvalue weighted by Crippen LogP contribution is 2.38. The van der Waals surface area contributed by atoms with Gasteiger partial charge in [-0.2, -0.15) is 0 Å². The Morgan fingerprint density at radius 2 is 1.72 bits per heavy atom. The molecule has 0 radical (unpaired) electrons. The zero-order valence-corrected chi connectivity index (χ0v) is 15.6. The summed E-state index contributed by atoms with van der Waals surface area (Å²) in [5.41, 5.74) is 0.600. The quantitative estimate of drug-likeness (QED) is 0.545. The van der Waals surface area contributed by atoms with Crippen molar-refractivity contribution >= 4 is 34.6 Å². The van der Waals surface area contributed by atoms with E-state index in [1.165, 1.54) is 38.1 Å². The van der Waals surface area contributed by atoms with Crippen LogP contribution in [-0.4, -0.2) is 55.3 Å². The average Bonchev–Trinajstić information content (AvgIpc) is 3.09. The summed E-state index contributed by atoms with van der Waals surface area (Å²) in [5.74, 6) is 0. The Bertz CT molecular complexity index is 592. The number of rotatable bonds is 6. The number of likely N-dealkylation sites (tertiary alicyclic amines) is 1. The van der Waals surface area contributed by atoms with Crippen LogP contribution in [-0.2, 0) is 4.74 Å². The van der Waals surface area contributed by atoms with Crippen molar-refractivity contribution < 1.29 is 9.66 Å². The predicted octanol–water partition coefficient (Wildman–Crippen LogP) is 3.98. The first-order valence-corrected chi connectivity index (χ1v) is 9.52. The smallest absolute Gasteiger partial charge is 0.272 e. The molecule has 0 spiro atoms. The van der Waals surface area contributed by atoms with Crippen molar-refractivity contribution in [1.82, 2.24) is 4.90 Å². The van der Waals surface area contributed by atoms with Crippen LogP contribution in [0.4, 0.5) is 11.4 Å². The molecule has 0 saturated carbocycles. The lowest BCUT2D eigenvalue weighted by Gasteiger charge is -2.34. The van der Waals surface area contributed by atoms with Gasteiger partial charge in [-0.1, -0.05) is 23.2 Å². The van der Waals surface area contributed by atoms with E-state index in [1.54, 1.807) is 0 Å². The van der Waals surface area contributed by atoms with E-state index in [1.807, 2.05) is 0 Å². The van der Waals surface area contributed by atoms with Crippen LogP contribution in [0.3, 0.4) is 0 Å². The van der Waals surface area contributed by atoms with E-state index < -0.39 is 4.92 Å². The van der Waals surface area contributed by atoms with Crippen molar-refractivity contribution in [3.8, 4) is 0 Å². The Morgan fingerprint density at radius 1 is 1.12 bits per heavy atom. The largest absolute Gasteiger partial charge is 0.377 e. The number of anilines is 1. The molecule has 8 heteroatoms. The van der Waals surface area contributed by atoms with Gasteiger partial charge in [-0.25, -0.2) is 0 Å². The number of non-ortho nitro benzene ring substituents is 1. The molecule has 2 aliphatic rings. The number of nitro benzene ring substituents is 1. The summed E-state index contributed by atoms with van der Waals surface area (Å²) >= 11 is 12.5. The van der Waals surface area contributed by atoms with Gasteiger partial charge in [0.15, 0.2) is 0 Å². The molecule has 138 valence electrons. The Hall–Kier alpha value is -1.08. The molecule has 0 atom stereocenters. The summed E-state index contributed by atoms with van der Waals surface area (Å²) in [6.07, 6.45) is 4.67. The molecule has 0 aliphatic carbocycles. The van der Waals surface area contributed by atoms with Gasteiger partial charge >= 0.3 is 0 Å². The highest BCUT2D eigenvalue weighted by atomic mass is 35.5. The van der Waals surface area contributed by atoms with E-state index in [0.29, 0.717) is 15.7 Å². The molecule has 2 aliphatic heterocycles. The minimum atomic E-state index is -0.484. The van der Waals surface area contributed by atoms with E-state index in [0.717, 1.165) is 39.1 Å². The normalized spacial score (nSPS) is 19.5. The number of benzene rings is 1. The Kier molecular flexibility index (Phi) is 6.39. The third-order valence-corrected chi connectivity index (χ3v) is 5.51. The van der Waals surface area contributed by atoms with E-state index in [4.69, 9.17) is 27.9 Å². The summed E-state index contributed by atoms with van der Waals surface area (Å²) < 4.78 is 6.02. The van der Waals surface area contributed by atoms with Gasteiger partial charge < -0.3 is 14.5 Å². The highest BCUT2D eigenvalue weighted by molar-refractivity contribution is 6.39. The molecule has 0 N–H and O–H groups in total. The summed E-state index contributed by atoms with van der Waals surface area (Å²) in [7, 11) is 0. The van der Waals surface area contributed by atoms with E-state index in [-0.39, 0.29) is 11.8 Å². The second-order valence-corrected chi connectivity index (χ2v) is 7.44. The Morgan fingerprint density at radius 3 is 2.28 bits per heavy atom. The van der Waals surface area contributed by atoms with Crippen molar-refractivity contribution in [2.24, 2.45) is 0 Å². The number of nitro groups is 1. The van der Waals surface area contributed by atoms with Gasteiger partial charge in [-0.05, 0) is 38.8 Å². The molecular formula is C17H23Cl2N3O3. The summed E-state index contributed by atoms with van der Waals surface area (Å²) in [4.78, 5) is 14.9. The van der Waals surface area contributed by atoms with Crippen LogP contribution in [0.25, 0.3) is 0 Å². The number of hydrogen-bond donors (Lipinski definition) is 0. The Balaban J connectivity index is 1.51. The third-order valence-electron chi connectivity index (χ3n) is 4.93. The van der Waals surface area contributed by atoms with Gasteiger partial charge in [-0.3, -0.25) is 10.1 Å². The maximum absolute atomic E-state index is 10.9. The van der Waals surface area contributed by atoms with Crippen molar-refractivity contribution in [2.75, 3.05) is 44.2 Å². The second-order valence-electron chi connectivity index (χ2n) is 6.62. The van der Waals surface area contributed by atoms with Gasteiger partial charge in [0.25, 0.3) is 5.69 Å². The third kappa shape index (κ3) is 4.76. The molecule has 2 heterocycles. The van der Waals surface area contributed by atoms with Crippen molar-refractivity contribution in [2.45, 2.75) is 31.8 Å². The minimum absolute atomic E-state index is 0.0844. The molecule has 0 aromatic heterocycles. The maximum atomic E-state index is 10.9. The fraction of sp³-hybridized carbons (Fsp3) is 0.647. The molecular weight excluding hydrogens is 365 g/mol. The van der Waals surface area contributed by atoms with Gasteiger partial charge in [0, 0.05) is 31.8 Å². The number of ether oxygens (including phenoxy) is 1. The lowest BCUT2D eigenvalue weighted by molar-refractivity contribution is -0.384. The van der Waals surface area contributed by atoms with Gasteiger partial charge in [-0.15, -0.1) is 0 Å². The number of piperidine rings is 1. The van der Waals surface area contributed by atoms with E-state index in [2.05, 4.69) is 9.80 Å². The van der Waals surface area contributed by atoms with Crippen LogP contribution in [0, 0.1) is 10.1 Å². The first kappa shape index (κ1) is 18.7. The second kappa shape index (κ2) is 8.54. The molecule has 1 aromatic carbocycles. The fourth-order valence-electron chi connectivity index (χ4n) is 3.56. The van der Waals surface area contributed by atoms with E-state index >= 15 is 0 Å². The molecule has 25 heavy (non-hydrogen) atoms. The Labute approximate surface area is 157 Å². The molecule has 0 bridgehead atoms. The molecule has 0 unspecified atom stereocenters. The lowest BCUT2D eigenvalue weighted by atomic mass is 10.1.